The molecule has 28 rings (SSSR count). The van der Waals surface area contributed by atoms with Crippen molar-refractivity contribution in [1.82, 2.24) is 48.2 Å². The molecule has 28 aromatic rings. The molecular formula is C138H90N10. The topological polar surface area (TPSA) is 97.1 Å². The van der Waals surface area contributed by atoms with E-state index in [-0.39, 0.29) is 0 Å². The largest absolute Gasteiger partial charge is 0.307 e. The first kappa shape index (κ1) is 87.1. The van der Waals surface area contributed by atoms with Gasteiger partial charge in [0.15, 0.2) is 23.3 Å². The van der Waals surface area contributed by atoms with Crippen LogP contribution in [0, 0.1) is 0 Å². The lowest BCUT2D eigenvalue weighted by atomic mass is 9.91. The SMILES string of the molecule is c1ccc(-c2ccc(-c3cc(-c4ccc(-c5ccccc5-c5ccccc5)cc4)cc(-n4c5ccccc5c5ccc6c7ccccc7n(-c7nc(-c8ccccc8)nc(-c8ccccc8)n7)c6c54)c3)cc2)cc1.c1ccc(-c2ccc(-c3cc(-c4cccc(-c5ccccc5-c5ccccc5)c4)cc(-n4c5ccccc5c5ccc6c7ccccc7n(-c7nc(-c8ccccc8)nc(-c8ccccc8)n7)c6c54)c3)cc2)cc1. The Labute approximate surface area is 855 Å². The molecule has 0 bridgehead atoms. The van der Waals surface area contributed by atoms with E-state index in [0.717, 1.165) is 171 Å². The number of para-hydroxylation sites is 4. The molecule has 692 valence electrons. The quantitative estimate of drug-likeness (QED) is 0.0849. The highest BCUT2D eigenvalue weighted by Crippen LogP contribution is 2.49. The van der Waals surface area contributed by atoms with Crippen LogP contribution in [0.15, 0.2) is 546 Å². The van der Waals surface area contributed by atoms with E-state index in [1.54, 1.807) is 0 Å². The molecular weight excluding hydrogens is 1800 g/mol. The van der Waals surface area contributed by atoms with Crippen LogP contribution in [0.25, 0.3) is 267 Å². The van der Waals surface area contributed by atoms with Crippen LogP contribution >= 0.6 is 0 Å². The molecule has 148 heavy (non-hydrogen) atoms. The van der Waals surface area contributed by atoms with Crippen LogP contribution in [0.4, 0.5) is 0 Å². The Bertz CT molecular complexity index is 9780. The highest BCUT2D eigenvalue weighted by atomic mass is 15.2. The predicted molar refractivity (Wildman–Crippen MR) is 613 cm³/mol. The molecule has 0 fully saturated rings. The van der Waals surface area contributed by atoms with Gasteiger partial charge in [-0.25, -0.2) is 9.97 Å². The minimum Gasteiger partial charge on any atom is -0.307 e. The van der Waals surface area contributed by atoms with E-state index in [0.29, 0.717) is 35.2 Å². The minimum atomic E-state index is 0.550. The van der Waals surface area contributed by atoms with E-state index >= 15 is 0 Å². The van der Waals surface area contributed by atoms with E-state index in [1.807, 2.05) is 72.8 Å². The molecule has 0 aliphatic rings. The van der Waals surface area contributed by atoms with Gasteiger partial charge in [-0.15, -0.1) is 0 Å². The third-order valence-corrected chi connectivity index (χ3v) is 28.8. The van der Waals surface area contributed by atoms with Gasteiger partial charge in [-0.05, 0) is 178 Å². The molecule has 0 saturated carbocycles. The Morgan fingerprint density at radius 3 is 0.615 bits per heavy atom. The lowest BCUT2D eigenvalue weighted by molar-refractivity contribution is 0.953. The van der Waals surface area contributed by atoms with Gasteiger partial charge in [-0.3, -0.25) is 9.13 Å². The molecule has 0 unspecified atom stereocenters. The van der Waals surface area contributed by atoms with E-state index in [9.17, 15) is 0 Å². The van der Waals surface area contributed by atoms with Gasteiger partial charge in [0, 0.05) is 76.7 Å². The van der Waals surface area contributed by atoms with Crippen molar-refractivity contribution in [1.29, 1.82) is 0 Å². The first-order valence-corrected chi connectivity index (χ1v) is 50.2. The first-order chi connectivity index (χ1) is 73.4. The van der Waals surface area contributed by atoms with Crippen LogP contribution in [-0.2, 0) is 0 Å². The summed E-state index contributed by atoms with van der Waals surface area (Å²) < 4.78 is 9.47. The molecule has 0 aliphatic heterocycles. The molecule has 22 aromatic carbocycles. The summed E-state index contributed by atoms with van der Waals surface area (Å²) in [6.07, 6.45) is 0. The van der Waals surface area contributed by atoms with Crippen molar-refractivity contribution in [3.63, 3.8) is 0 Å². The zero-order valence-corrected chi connectivity index (χ0v) is 80.4. The van der Waals surface area contributed by atoms with Crippen LogP contribution in [0.3, 0.4) is 0 Å². The molecule has 6 aromatic heterocycles. The summed E-state index contributed by atoms with van der Waals surface area (Å²) in [7, 11) is 0. The van der Waals surface area contributed by atoms with Crippen molar-refractivity contribution in [2.75, 3.05) is 0 Å². The Morgan fingerprint density at radius 2 is 0.311 bits per heavy atom. The maximum absolute atomic E-state index is 5.36. The number of fused-ring (bicyclic) bond motifs is 14. The van der Waals surface area contributed by atoms with Crippen molar-refractivity contribution in [2.24, 2.45) is 0 Å². The molecule has 0 saturated heterocycles. The third kappa shape index (κ3) is 15.9. The zero-order valence-electron chi connectivity index (χ0n) is 80.4. The van der Waals surface area contributed by atoms with Crippen LogP contribution < -0.4 is 0 Å². The fraction of sp³-hybridized carbons (Fsp3) is 0. The Morgan fingerprint density at radius 1 is 0.115 bits per heavy atom. The Kier molecular flexibility index (Phi) is 22.1. The van der Waals surface area contributed by atoms with Crippen molar-refractivity contribution in [3.05, 3.63) is 546 Å². The van der Waals surface area contributed by atoms with Gasteiger partial charge >= 0.3 is 0 Å². The molecule has 0 radical (unpaired) electrons. The number of benzene rings is 22. The number of aromatic nitrogens is 10. The predicted octanol–water partition coefficient (Wildman–Crippen LogP) is 35.5. The van der Waals surface area contributed by atoms with Crippen molar-refractivity contribution in [3.8, 4) is 180 Å². The van der Waals surface area contributed by atoms with E-state index in [1.165, 1.54) is 61.2 Å². The van der Waals surface area contributed by atoms with Gasteiger partial charge in [-0.1, -0.05) is 479 Å². The van der Waals surface area contributed by atoms with Crippen molar-refractivity contribution >= 4 is 87.2 Å². The number of hydrogen-bond donors (Lipinski definition) is 0. The second kappa shape index (κ2) is 37.5. The van der Waals surface area contributed by atoms with E-state index in [2.05, 4.69) is 491 Å². The normalized spacial score (nSPS) is 11.5. The Balaban J connectivity index is 0.000000146. The molecule has 0 spiro atoms. The van der Waals surface area contributed by atoms with Crippen LogP contribution in [-0.4, -0.2) is 48.2 Å². The number of rotatable bonds is 18. The lowest BCUT2D eigenvalue weighted by Gasteiger charge is -2.16. The smallest absolute Gasteiger partial charge is 0.238 e. The summed E-state index contributed by atoms with van der Waals surface area (Å²) in [4.78, 5) is 31.6. The summed E-state index contributed by atoms with van der Waals surface area (Å²) in [5.41, 5.74) is 37.4. The van der Waals surface area contributed by atoms with Crippen LogP contribution in [0.2, 0.25) is 0 Å². The molecule has 0 aliphatic carbocycles. The average molecular weight is 1890 g/mol. The first-order valence-electron chi connectivity index (χ1n) is 50.2. The number of nitrogens with zero attached hydrogens (tertiary/aromatic N) is 10. The molecule has 10 heteroatoms. The fourth-order valence-corrected chi connectivity index (χ4v) is 21.8. The van der Waals surface area contributed by atoms with Gasteiger partial charge in [0.1, 0.15) is 0 Å². The molecule has 6 heterocycles. The van der Waals surface area contributed by atoms with Crippen LogP contribution in [0.1, 0.15) is 0 Å². The summed E-state index contributed by atoms with van der Waals surface area (Å²) >= 11 is 0. The summed E-state index contributed by atoms with van der Waals surface area (Å²) in [6, 6.07) is 195. The van der Waals surface area contributed by atoms with Gasteiger partial charge in [0.2, 0.25) is 11.9 Å². The van der Waals surface area contributed by atoms with Gasteiger partial charge in [0.05, 0.1) is 44.1 Å². The summed E-state index contributed by atoms with van der Waals surface area (Å²) in [6.45, 7) is 0. The molecule has 0 atom stereocenters. The number of hydrogen-bond acceptors (Lipinski definition) is 6. The monoisotopic (exact) mass is 1890 g/mol. The molecule has 0 N–H and O–H groups in total. The Hall–Kier alpha value is -19.9. The maximum Gasteiger partial charge on any atom is 0.238 e. The average Bonchev–Trinajstić information content (AvgIpc) is 1.54. The second-order valence-corrected chi connectivity index (χ2v) is 37.6. The summed E-state index contributed by atoms with van der Waals surface area (Å²) in [5.74, 6) is 3.54. The highest BCUT2D eigenvalue weighted by molar-refractivity contribution is 6.26. The van der Waals surface area contributed by atoms with E-state index in [4.69, 9.17) is 29.9 Å². The molecule has 0 amide bonds. The van der Waals surface area contributed by atoms with Crippen molar-refractivity contribution in [2.45, 2.75) is 0 Å². The fourth-order valence-electron chi connectivity index (χ4n) is 21.8. The van der Waals surface area contributed by atoms with E-state index < -0.39 is 0 Å². The van der Waals surface area contributed by atoms with Gasteiger partial charge in [0.25, 0.3) is 0 Å². The highest BCUT2D eigenvalue weighted by Gasteiger charge is 2.29. The third-order valence-electron chi connectivity index (χ3n) is 28.8. The standard InChI is InChI=1S/2C69H45N5/c1-5-20-46(21-6-1)47-36-38-48(39-37-47)54-43-55(52-28-19-29-53(42-52)58-31-14-13-30-57(58)49-22-7-2-8-23-49)45-56(44-54)73-63-34-17-15-32-59(63)61-40-41-62-60-33-16-18-35-64(60)74(66(62)65(61)73)69-71-67(50-24-9-3-10-25-50)70-68(72-69)51-26-11-4-12-27-51;1-5-19-46(20-6-1)47-33-35-48(36-34-47)54-43-55(49-37-39-51(40-38-49)58-28-14-13-27-57(58)50-21-7-2-8-22-50)45-56(44-54)73-63-31-17-15-29-59(63)61-41-42-62-60-30-16-18-32-64(60)74(66(62)65(61)73)69-71-67(52-23-9-3-10-24-52)70-68(72-69)53-25-11-4-12-26-53/h2*1-45H. The second-order valence-electron chi connectivity index (χ2n) is 37.6. The minimum absolute atomic E-state index is 0.550. The lowest BCUT2D eigenvalue weighted by Crippen LogP contribution is -2.07. The van der Waals surface area contributed by atoms with Crippen LogP contribution in [0.5, 0.6) is 0 Å². The summed E-state index contributed by atoms with van der Waals surface area (Å²) in [5, 5.41) is 9.04. The molecule has 10 nitrogen and oxygen atoms in total. The van der Waals surface area contributed by atoms with Crippen molar-refractivity contribution < 1.29 is 0 Å². The zero-order chi connectivity index (χ0) is 97.9. The van der Waals surface area contributed by atoms with Gasteiger partial charge in [-0.2, -0.15) is 19.9 Å². The van der Waals surface area contributed by atoms with Gasteiger partial charge < -0.3 is 9.13 Å². The maximum atomic E-state index is 5.36.